The topological polar surface area (TPSA) is 85.5 Å². The number of carbonyl (C=O) groups is 1. The van der Waals surface area contributed by atoms with E-state index in [1.54, 1.807) is 13.0 Å². The van der Waals surface area contributed by atoms with Crippen LogP contribution in [0.2, 0.25) is 0 Å². The van der Waals surface area contributed by atoms with E-state index in [-0.39, 0.29) is 17.6 Å². The van der Waals surface area contributed by atoms with Crippen molar-refractivity contribution < 1.29 is 19.1 Å². The van der Waals surface area contributed by atoms with Crippen molar-refractivity contribution in [2.45, 2.75) is 32.8 Å². The molecule has 1 aliphatic heterocycles. The Bertz CT molecular complexity index is 687. The van der Waals surface area contributed by atoms with Crippen LogP contribution in [0.3, 0.4) is 0 Å². The van der Waals surface area contributed by atoms with Crippen LogP contribution in [0.25, 0.3) is 11.5 Å². The van der Waals surface area contributed by atoms with Crippen LogP contribution in [0.15, 0.2) is 16.5 Å². The van der Waals surface area contributed by atoms with Gasteiger partial charge in [0, 0.05) is 6.61 Å². The highest BCUT2D eigenvalue weighted by Gasteiger charge is 2.26. The van der Waals surface area contributed by atoms with E-state index in [1.165, 1.54) is 0 Å². The highest BCUT2D eigenvalue weighted by molar-refractivity contribution is 5.97. The maximum Gasteiger partial charge on any atom is 0.336 e. The van der Waals surface area contributed by atoms with Gasteiger partial charge >= 0.3 is 5.97 Å². The van der Waals surface area contributed by atoms with Crippen LogP contribution in [0.1, 0.15) is 46.3 Å². The van der Waals surface area contributed by atoms with Gasteiger partial charge in [-0.3, -0.25) is 0 Å². The standard InChI is InChI=1S/C15H16N2O4/c1-8-5-6-9(2)12(15(18)19)11(8)14-17-16-13(21-14)10-4-3-7-20-10/h5-6,10H,3-4,7H2,1-2H3,(H,18,19). The van der Waals surface area contributed by atoms with Gasteiger partial charge in [0.15, 0.2) is 0 Å². The van der Waals surface area contributed by atoms with Crippen LogP contribution in [0.4, 0.5) is 0 Å². The molecule has 1 aliphatic rings. The van der Waals surface area contributed by atoms with E-state index in [1.807, 2.05) is 13.0 Å². The van der Waals surface area contributed by atoms with E-state index in [0.29, 0.717) is 23.6 Å². The van der Waals surface area contributed by atoms with Crippen LogP contribution < -0.4 is 0 Å². The summed E-state index contributed by atoms with van der Waals surface area (Å²) in [6, 6.07) is 3.63. The van der Waals surface area contributed by atoms with Crippen LogP contribution in [0.5, 0.6) is 0 Å². The normalized spacial score (nSPS) is 18.1. The fourth-order valence-corrected chi connectivity index (χ4v) is 2.60. The van der Waals surface area contributed by atoms with Gasteiger partial charge in [-0.25, -0.2) is 4.79 Å². The van der Waals surface area contributed by atoms with Gasteiger partial charge in [-0.15, -0.1) is 10.2 Å². The van der Waals surface area contributed by atoms with Crippen molar-refractivity contribution in [2.24, 2.45) is 0 Å². The van der Waals surface area contributed by atoms with Crippen LogP contribution in [-0.2, 0) is 4.74 Å². The van der Waals surface area contributed by atoms with E-state index in [0.717, 1.165) is 18.4 Å². The molecule has 1 N–H and O–H groups in total. The molecular formula is C15H16N2O4. The van der Waals surface area contributed by atoms with Gasteiger partial charge in [-0.05, 0) is 37.8 Å². The monoisotopic (exact) mass is 288 g/mol. The number of hydrogen-bond acceptors (Lipinski definition) is 5. The number of aromatic carboxylic acids is 1. The summed E-state index contributed by atoms with van der Waals surface area (Å²) in [5.41, 5.74) is 2.15. The summed E-state index contributed by atoms with van der Waals surface area (Å²) in [4.78, 5) is 11.5. The van der Waals surface area contributed by atoms with E-state index < -0.39 is 5.97 Å². The molecule has 3 rings (SSSR count). The predicted molar refractivity (Wildman–Crippen MR) is 74.1 cm³/mol. The SMILES string of the molecule is Cc1ccc(C)c(-c2nnc(C3CCCO3)o2)c1C(=O)O. The number of aryl methyl sites for hydroxylation is 2. The second-order valence-electron chi connectivity index (χ2n) is 5.20. The summed E-state index contributed by atoms with van der Waals surface area (Å²) in [5, 5.41) is 17.5. The minimum Gasteiger partial charge on any atom is -0.478 e. The Kier molecular flexibility index (Phi) is 3.47. The quantitative estimate of drug-likeness (QED) is 0.934. The molecule has 1 unspecified atom stereocenters. The maximum absolute atomic E-state index is 11.5. The zero-order valence-electron chi connectivity index (χ0n) is 11.9. The molecule has 0 radical (unpaired) electrons. The molecule has 0 bridgehead atoms. The molecule has 1 fully saturated rings. The first kappa shape index (κ1) is 13.8. The third-order valence-electron chi connectivity index (χ3n) is 3.70. The third kappa shape index (κ3) is 2.42. The summed E-state index contributed by atoms with van der Waals surface area (Å²) in [6.07, 6.45) is 1.64. The zero-order chi connectivity index (χ0) is 15.0. The number of nitrogens with zero attached hydrogens (tertiary/aromatic N) is 2. The second-order valence-corrected chi connectivity index (χ2v) is 5.20. The van der Waals surface area contributed by atoms with Gasteiger partial charge in [0.1, 0.15) is 6.10 Å². The van der Waals surface area contributed by atoms with Gasteiger partial charge < -0.3 is 14.3 Å². The van der Waals surface area contributed by atoms with Crippen molar-refractivity contribution in [3.63, 3.8) is 0 Å². The van der Waals surface area contributed by atoms with Crippen molar-refractivity contribution in [3.8, 4) is 11.5 Å². The summed E-state index contributed by atoms with van der Waals surface area (Å²) < 4.78 is 11.2. The van der Waals surface area contributed by atoms with Crippen molar-refractivity contribution in [1.82, 2.24) is 10.2 Å². The van der Waals surface area contributed by atoms with E-state index >= 15 is 0 Å². The van der Waals surface area contributed by atoms with Crippen molar-refractivity contribution in [2.75, 3.05) is 6.61 Å². The number of carboxylic acid groups (broad SMARTS) is 1. The van der Waals surface area contributed by atoms with E-state index in [4.69, 9.17) is 9.15 Å². The average Bonchev–Trinajstić information content (AvgIpc) is 3.10. The molecular weight excluding hydrogens is 272 g/mol. The molecule has 1 saturated heterocycles. The minimum absolute atomic E-state index is 0.176. The molecule has 0 amide bonds. The molecule has 1 aromatic carbocycles. The summed E-state index contributed by atoms with van der Waals surface area (Å²) in [6.45, 7) is 4.27. The van der Waals surface area contributed by atoms with Crippen molar-refractivity contribution in [1.29, 1.82) is 0 Å². The molecule has 6 heteroatoms. The first-order valence-electron chi connectivity index (χ1n) is 6.87. The fraction of sp³-hybridized carbons (Fsp3) is 0.400. The van der Waals surface area contributed by atoms with Gasteiger partial charge in [0.25, 0.3) is 0 Å². The van der Waals surface area contributed by atoms with E-state index in [2.05, 4.69) is 10.2 Å². The summed E-state index contributed by atoms with van der Waals surface area (Å²) in [5.74, 6) is -0.345. The van der Waals surface area contributed by atoms with Crippen molar-refractivity contribution in [3.05, 3.63) is 34.7 Å². The largest absolute Gasteiger partial charge is 0.478 e. The highest BCUT2D eigenvalue weighted by Crippen LogP contribution is 2.33. The Morgan fingerprint density at radius 1 is 1.29 bits per heavy atom. The van der Waals surface area contributed by atoms with Crippen molar-refractivity contribution >= 4 is 5.97 Å². The molecule has 2 heterocycles. The molecule has 0 saturated carbocycles. The third-order valence-corrected chi connectivity index (χ3v) is 3.70. The molecule has 1 atom stereocenters. The first-order valence-corrected chi connectivity index (χ1v) is 6.87. The number of rotatable bonds is 3. The Labute approximate surface area is 121 Å². The van der Waals surface area contributed by atoms with Crippen LogP contribution >= 0.6 is 0 Å². The molecule has 110 valence electrons. The Hall–Kier alpha value is -2.21. The summed E-state index contributed by atoms with van der Waals surface area (Å²) in [7, 11) is 0. The lowest BCUT2D eigenvalue weighted by Gasteiger charge is -2.09. The molecule has 1 aromatic heterocycles. The van der Waals surface area contributed by atoms with Gasteiger partial charge in [0.2, 0.25) is 11.8 Å². The van der Waals surface area contributed by atoms with Crippen LogP contribution in [0, 0.1) is 13.8 Å². The zero-order valence-corrected chi connectivity index (χ0v) is 11.9. The molecule has 0 spiro atoms. The summed E-state index contributed by atoms with van der Waals surface area (Å²) >= 11 is 0. The minimum atomic E-state index is -0.997. The van der Waals surface area contributed by atoms with Gasteiger partial charge in [0.05, 0.1) is 11.1 Å². The van der Waals surface area contributed by atoms with E-state index in [9.17, 15) is 9.90 Å². The number of aromatic nitrogens is 2. The Morgan fingerprint density at radius 3 is 2.71 bits per heavy atom. The van der Waals surface area contributed by atoms with Gasteiger partial charge in [-0.1, -0.05) is 12.1 Å². The second kappa shape index (κ2) is 5.29. The fourth-order valence-electron chi connectivity index (χ4n) is 2.60. The number of benzene rings is 1. The lowest BCUT2D eigenvalue weighted by atomic mass is 9.97. The molecule has 21 heavy (non-hydrogen) atoms. The van der Waals surface area contributed by atoms with Crippen LogP contribution in [-0.4, -0.2) is 27.9 Å². The lowest BCUT2D eigenvalue weighted by molar-refractivity contribution is 0.0696. The maximum atomic E-state index is 11.5. The molecule has 0 aliphatic carbocycles. The smallest absolute Gasteiger partial charge is 0.336 e. The van der Waals surface area contributed by atoms with Gasteiger partial charge in [-0.2, -0.15) is 0 Å². The average molecular weight is 288 g/mol. The predicted octanol–water partition coefficient (Wildman–Crippen LogP) is 2.90. The number of ether oxygens (including phenoxy) is 1. The number of hydrogen-bond donors (Lipinski definition) is 1. The molecule has 2 aromatic rings. The first-order chi connectivity index (χ1) is 10.1. The Morgan fingerprint density at radius 2 is 2.05 bits per heavy atom. The highest BCUT2D eigenvalue weighted by atomic mass is 16.5. The lowest BCUT2D eigenvalue weighted by Crippen LogP contribution is -2.04. The Balaban J connectivity index is 2.08. The molecule has 6 nitrogen and oxygen atoms in total. The number of carboxylic acids is 1.